The monoisotopic (exact) mass is 233 g/mol. The number of fused-ring (bicyclic) bond motifs is 1. The molecule has 1 saturated carbocycles. The van der Waals surface area contributed by atoms with Gasteiger partial charge >= 0.3 is 0 Å². The van der Waals surface area contributed by atoms with Gasteiger partial charge in [0, 0.05) is 30.5 Å². The third-order valence-electron chi connectivity index (χ3n) is 4.16. The molecule has 96 valence electrons. The smallest absolute Gasteiger partial charge is 0.0230 e. The van der Waals surface area contributed by atoms with E-state index in [2.05, 4.69) is 51.4 Å². The Bertz CT molecular complexity index is 312. The van der Waals surface area contributed by atoms with Gasteiger partial charge in [0.05, 0.1) is 0 Å². The van der Waals surface area contributed by atoms with Crippen LogP contribution >= 0.6 is 0 Å². The van der Waals surface area contributed by atoms with Crippen LogP contribution in [0.3, 0.4) is 0 Å². The molecule has 1 heterocycles. The molecule has 0 aromatic heterocycles. The van der Waals surface area contributed by atoms with Crippen LogP contribution in [0.15, 0.2) is 0 Å². The van der Waals surface area contributed by atoms with Crippen molar-refractivity contribution < 1.29 is 0 Å². The average molecular weight is 233 g/mol. The van der Waals surface area contributed by atoms with Crippen LogP contribution in [0.4, 0.5) is 0 Å². The molecular weight excluding hydrogens is 206 g/mol. The van der Waals surface area contributed by atoms with Crippen LogP contribution in [-0.2, 0) is 0 Å². The number of hydrogen-bond donors (Lipinski definition) is 0. The summed E-state index contributed by atoms with van der Waals surface area (Å²) in [4.78, 5) is 2.64. The average Bonchev–Trinajstić information content (AvgIpc) is 2.69. The molecule has 2 unspecified atom stereocenters. The van der Waals surface area contributed by atoms with Crippen molar-refractivity contribution in [1.29, 1.82) is 0 Å². The second-order valence-electron chi connectivity index (χ2n) is 7.26. The van der Waals surface area contributed by atoms with Gasteiger partial charge in [-0.05, 0) is 59.3 Å². The summed E-state index contributed by atoms with van der Waals surface area (Å²) in [6.45, 7) is 13.9. The highest BCUT2D eigenvalue weighted by molar-refractivity contribution is 5.13. The molecule has 1 heteroatoms. The Kier molecular flexibility index (Phi) is 3.55. The zero-order chi connectivity index (χ0) is 12.6. The molecule has 17 heavy (non-hydrogen) atoms. The fraction of sp³-hybridized carbons (Fsp3) is 0.875. The van der Waals surface area contributed by atoms with Gasteiger partial charge in [0.2, 0.25) is 0 Å². The molecular formula is C16H27N. The Morgan fingerprint density at radius 3 is 2.00 bits per heavy atom. The van der Waals surface area contributed by atoms with Gasteiger partial charge in [0.15, 0.2) is 0 Å². The maximum atomic E-state index is 3.53. The lowest BCUT2D eigenvalue weighted by Gasteiger charge is -2.21. The minimum Gasteiger partial charge on any atom is -0.300 e. The lowest BCUT2D eigenvalue weighted by molar-refractivity contribution is 0.250. The lowest BCUT2D eigenvalue weighted by atomic mass is 9.95. The van der Waals surface area contributed by atoms with Gasteiger partial charge in [-0.1, -0.05) is 11.8 Å². The van der Waals surface area contributed by atoms with E-state index < -0.39 is 0 Å². The van der Waals surface area contributed by atoms with Crippen molar-refractivity contribution in [3.8, 4) is 11.8 Å². The molecule has 1 aliphatic heterocycles. The van der Waals surface area contributed by atoms with Crippen molar-refractivity contribution in [1.82, 2.24) is 4.90 Å². The van der Waals surface area contributed by atoms with Gasteiger partial charge in [0.25, 0.3) is 0 Å². The van der Waals surface area contributed by atoms with Crippen LogP contribution in [0.2, 0.25) is 0 Å². The SMILES string of the molecule is CC(C)N1CC2CC(C#CC(C)(C)C)CC2C1. The van der Waals surface area contributed by atoms with E-state index in [0.29, 0.717) is 5.92 Å². The second-order valence-corrected chi connectivity index (χ2v) is 7.26. The molecule has 0 aromatic rings. The molecule has 0 amide bonds. The van der Waals surface area contributed by atoms with E-state index in [-0.39, 0.29) is 5.41 Å². The third-order valence-corrected chi connectivity index (χ3v) is 4.16. The van der Waals surface area contributed by atoms with Crippen LogP contribution in [0, 0.1) is 35.0 Å². The summed E-state index contributed by atoms with van der Waals surface area (Å²) in [6, 6.07) is 0.722. The zero-order valence-electron chi connectivity index (χ0n) is 12.1. The van der Waals surface area contributed by atoms with Crippen LogP contribution in [0.5, 0.6) is 0 Å². The molecule has 0 bridgehead atoms. The Morgan fingerprint density at radius 2 is 1.59 bits per heavy atom. The topological polar surface area (TPSA) is 3.24 Å². The van der Waals surface area contributed by atoms with Gasteiger partial charge in [-0.3, -0.25) is 0 Å². The summed E-state index contributed by atoms with van der Waals surface area (Å²) >= 11 is 0. The largest absolute Gasteiger partial charge is 0.300 e. The Morgan fingerprint density at radius 1 is 1.06 bits per heavy atom. The van der Waals surface area contributed by atoms with E-state index in [4.69, 9.17) is 0 Å². The molecule has 2 rings (SSSR count). The first kappa shape index (κ1) is 13.0. The van der Waals surface area contributed by atoms with Crippen molar-refractivity contribution >= 4 is 0 Å². The van der Waals surface area contributed by atoms with E-state index in [1.165, 1.54) is 25.9 Å². The number of likely N-dealkylation sites (tertiary alicyclic amines) is 1. The first-order valence-corrected chi connectivity index (χ1v) is 7.12. The molecule has 0 N–H and O–H groups in total. The highest BCUT2D eigenvalue weighted by Crippen LogP contribution is 2.41. The number of nitrogens with zero attached hydrogens (tertiary/aromatic N) is 1. The normalized spacial score (nSPS) is 33.6. The number of hydrogen-bond acceptors (Lipinski definition) is 1. The quantitative estimate of drug-likeness (QED) is 0.627. The van der Waals surface area contributed by atoms with Gasteiger partial charge in [0.1, 0.15) is 0 Å². The molecule has 0 radical (unpaired) electrons. The molecule has 1 saturated heterocycles. The Balaban J connectivity index is 1.89. The van der Waals surface area contributed by atoms with E-state index in [1.807, 2.05) is 0 Å². The first-order valence-electron chi connectivity index (χ1n) is 7.12. The van der Waals surface area contributed by atoms with Gasteiger partial charge < -0.3 is 4.90 Å². The van der Waals surface area contributed by atoms with E-state index in [9.17, 15) is 0 Å². The zero-order valence-corrected chi connectivity index (χ0v) is 12.1. The number of rotatable bonds is 1. The van der Waals surface area contributed by atoms with Gasteiger partial charge in [-0.15, -0.1) is 0 Å². The van der Waals surface area contributed by atoms with Crippen molar-refractivity contribution in [2.75, 3.05) is 13.1 Å². The Labute approximate surface area is 107 Å². The maximum absolute atomic E-state index is 3.53. The second kappa shape index (κ2) is 4.65. The summed E-state index contributed by atoms with van der Waals surface area (Å²) in [5, 5.41) is 0. The standard InChI is InChI=1S/C16H27N/c1-12(2)17-10-14-8-13(9-15(14)11-17)6-7-16(3,4)5/h12-15H,8-11H2,1-5H3. The van der Waals surface area contributed by atoms with Crippen molar-refractivity contribution in [3.63, 3.8) is 0 Å². The minimum absolute atomic E-state index is 0.168. The van der Waals surface area contributed by atoms with Gasteiger partial charge in [-0.2, -0.15) is 0 Å². The summed E-state index contributed by atoms with van der Waals surface area (Å²) < 4.78 is 0. The maximum Gasteiger partial charge on any atom is 0.0230 e. The predicted octanol–water partition coefficient (Wildman–Crippen LogP) is 3.40. The molecule has 1 aliphatic carbocycles. The lowest BCUT2D eigenvalue weighted by Crippen LogP contribution is -2.29. The highest BCUT2D eigenvalue weighted by Gasteiger charge is 2.40. The first-order chi connectivity index (χ1) is 7.85. The van der Waals surface area contributed by atoms with E-state index in [1.54, 1.807) is 0 Å². The van der Waals surface area contributed by atoms with E-state index in [0.717, 1.165) is 17.9 Å². The fourth-order valence-electron chi connectivity index (χ4n) is 3.19. The molecule has 1 nitrogen and oxygen atoms in total. The van der Waals surface area contributed by atoms with Crippen LogP contribution in [0.1, 0.15) is 47.5 Å². The van der Waals surface area contributed by atoms with Crippen LogP contribution in [0.25, 0.3) is 0 Å². The molecule has 0 aromatic carbocycles. The summed E-state index contributed by atoms with van der Waals surface area (Å²) in [5.74, 6) is 9.48. The van der Waals surface area contributed by atoms with Crippen molar-refractivity contribution in [2.24, 2.45) is 23.2 Å². The Hall–Kier alpha value is -0.480. The van der Waals surface area contributed by atoms with Crippen LogP contribution < -0.4 is 0 Å². The predicted molar refractivity (Wildman–Crippen MR) is 73.6 cm³/mol. The summed E-state index contributed by atoms with van der Waals surface area (Å²) in [5.41, 5.74) is 0.168. The molecule has 0 spiro atoms. The fourth-order valence-corrected chi connectivity index (χ4v) is 3.19. The molecule has 2 aliphatic rings. The van der Waals surface area contributed by atoms with Crippen molar-refractivity contribution in [2.45, 2.75) is 53.5 Å². The third kappa shape index (κ3) is 3.26. The molecule has 2 fully saturated rings. The van der Waals surface area contributed by atoms with Crippen molar-refractivity contribution in [3.05, 3.63) is 0 Å². The molecule has 2 atom stereocenters. The highest BCUT2D eigenvalue weighted by atomic mass is 15.2. The minimum atomic E-state index is 0.168. The van der Waals surface area contributed by atoms with Gasteiger partial charge in [-0.25, -0.2) is 0 Å². The van der Waals surface area contributed by atoms with Crippen LogP contribution in [-0.4, -0.2) is 24.0 Å². The summed E-state index contributed by atoms with van der Waals surface area (Å²) in [6.07, 6.45) is 2.69. The van der Waals surface area contributed by atoms with E-state index >= 15 is 0 Å². The summed E-state index contributed by atoms with van der Waals surface area (Å²) in [7, 11) is 0.